The van der Waals surface area contributed by atoms with Crippen LogP contribution in [0.5, 0.6) is 0 Å². The molecule has 4 rings (SSSR count). The molecule has 1 saturated heterocycles. The Morgan fingerprint density at radius 1 is 1.10 bits per heavy atom. The van der Waals surface area contributed by atoms with Crippen LogP contribution in [0, 0.1) is 5.92 Å². The Hall–Kier alpha value is -1.52. The second-order valence-electron chi connectivity index (χ2n) is 8.83. The first-order valence-corrected chi connectivity index (χ1v) is 12.5. The Kier molecular flexibility index (Phi) is 5.69. The van der Waals surface area contributed by atoms with E-state index in [4.69, 9.17) is 0 Å². The molecule has 3 aliphatic rings. The maximum atomic E-state index is 12.8. The second kappa shape index (κ2) is 7.96. The molecule has 1 N–H and O–H groups in total. The highest BCUT2D eigenvalue weighted by atomic mass is 32.2. The van der Waals surface area contributed by atoms with Gasteiger partial charge in [-0.25, -0.2) is 12.7 Å². The van der Waals surface area contributed by atoms with Gasteiger partial charge >= 0.3 is 0 Å². The maximum Gasteiger partial charge on any atom is 0.289 e. The highest BCUT2D eigenvalue weighted by Gasteiger charge is 2.47. The molecule has 2 aliphatic heterocycles. The molecule has 0 atom stereocenters. The lowest BCUT2D eigenvalue weighted by atomic mass is 9.84. The summed E-state index contributed by atoms with van der Waals surface area (Å²) in [7, 11) is -1.14. The molecular formula is C19H32N6O3S. The van der Waals surface area contributed by atoms with E-state index in [2.05, 4.69) is 27.5 Å². The predicted molar refractivity (Wildman–Crippen MR) is 109 cm³/mol. The third-order valence-electron chi connectivity index (χ3n) is 7.05. The fourth-order valence-corrected chi connectivity index (χ4v) is 6.01. The quantitative estimate of drug-likeness (QED) is 0.767. The first kappa shape index (κ1) is 20.7. The minimum Gasteiger partial charge on any atom is -0.349 e. The Morgan fingerprint density at radius 3 is 2.45 bits per heavy atom. The van der Waals surface area contributed by atoms with E-state index < -0.39 is 10.0 Å². The highest BCUT2D eigenvalue weighted by Crippen LogP contribution is 2.40. The summed E-state index contributed by atoms with van der Waals surface area (Å²) in [6, 6.07) is 0. The van der Waals surface area contributed by atoms with E-state index in [1.165, 1.54) is 42.7 Å². The summed E-state index contributed by atoms with van der Waals surface area (Å²) in [5.41, 5.74) is -0.367. The van der Waals surface area contributed by atoms with Crippen LogP contribution in [-0.2, 0) is 22.1 Å². The third-order valence-corrected chi connectivity index (χ3v) is 8.36. The summed E-state index contributed by atoms with van der Waals surface area (Å²) in [4.78, 5) is 15.1. The van der Waals surface area contributed by atoms with E-state index in [9.17, 15) is 13.2 Å². The van der Waals surface area contributed by atoms with Crippen molar-refractivity contribution in [2.75, 3.05) is 39.5 Å². The molecular weight excluding hydrogens is 392 g/mol. The number of fused-ring (bicyclic) bond motifs is 2. The van der Waals surface area contributed by atoms with Crippen LogP contribution >= 0.6 is 0 Å². The molecule has 10 heteroatoms. The van der Waals surface area contributed by atoms with Gasteiger partial charge in [0.1, 0.15) is 0 Å². The smallest absolute Gasteiger partial charge is 0.289 e. The molecule has 1 aromatic heterocycles. The van der Waals surface area contributed by atoms with Crippen molar-refractivity contribution in [2.24, 2.45) is 5.92 Å². The zero-order valence-corrected chi connectivity index (χ0v) is 18.2. The predicted octanol–water partition coefficient (Wildman–Crippen LogP) is 0.784. The zero-order valence-electron chi connectivity index (χ0n) is 17.4. The lowest BCUT2D eigenvalue weighted by Gasteiger charge is -2.48. The minimum absolute atomic E-state index is 0.150. The first-order valence-electron chi connectivity index (χ1n) is 10.7. The second-order valence-corrected chi connectivity index (χ2v) is 10.8. The van der Waals surface area contributed by atoms with Crippen LogP contribution in [0.1, 0.15) is 61.4 Å². The van der Waals surface area contributed by atoms with Gasteiger partial charge in [0, 0.05) is 32.7 Å². The van der Waals surface area contributed by atoms with E-state index in [0.717, 1.165) is 12.4 Å². The topological polar surface area (TPSA) is 100 Å². The van der Waals surface area contributed by atoms with Crippen LogP contribution in [0.25, 0.3) is 0 Å². The van der Waals surface area contributed by atoms with Gasteiger partial charge in [-0.1, -0.05) is 19.3 Å². The third kappa shape index (κ3) is 3.94. The fraction of sp³-hybridized carbons (Fsp3) is 0.842. The largest absolute Gasteiger partial charge is 0.349 e. The van der Waals surface area contributed by atoms with Crippen LogP contribution < -0.4 is 5.32 Å². The lowest BCUT2D eigenvalue weighted by Crippen LogP contribution is -2.57. The number of rotatable bonds is 4. The Labute approximate surface area is 172 Å². The summed E-state index contributed by atoms with van der Waals surface area (Å²) < 4.78 is 27.3. The Morgan fingerprint density at radius 2 is 1.79 bits per heavy atom. The highest BCUT2D eigenvalue weighted by molar-refractivity contribution is 7.88. The van der Waals surface area contributed by atoms with Crippen molar-refractivity contribution in [3.63, 3.8) is 0 Å². The van der Waals surface area contributed by atoms with Gasteiger partial charge in [0.15, 0.2) is 5.82 Å². The van der Waals surface area contributed by atoms with Gasteiger partial charge < -0.3 is 9.88 Å². The van der Waals surface area contributed by atoms with E-state index in [1.54, 1.807) is 0 Å². The molecule has 1 aliphatic carbocycles. The molecule has 162 valence electrons. The van der Waals surface area contributed by atoms with Crippen LogP contribution in [0.15, 0.2) is 0 Å². The van der Waals surface area contributed by atoms with Gasteiger partial charge in [0.2, 0.25) is 15.8 Å². The molecule has 0 aromatic carbocycles. The van der Waals surface area contributed by atoms with E-state index in [0.29, 0.717) is 50.8 Å². The van der Waals surface area contributed by atoms with Gasteiger partial charge in [-0.3, -0.25) is 9.69 Å². The molecule has 9 nitrogen and oxygen atoms in total. The van der Waals surface area contributed by atoms with Crippen molar-refractivity contribution in [2.45, 2.75) is 57.0 Å². The van der Waals surface area contributed by atoms with Crippen molar-refractivity contribution in [1.82, 2.24) is 29.3 Å². The number of nitrogens with zero attached hydrogens (tertiary/aromatic N) is 5. The molecule has 1 saturated carbocycles. The molecule has 1 spiro atoms. The average molecular weight is 425 g/mol. The monoisotopic (exact) mass is 424 g/mol. The molecule has 0 bridgehead atoms. The van der Waals surface area contributed by atoms with Crippen LogP contribution in [-0.4, -0.2) is 77.8 Å². The van der Waals surface area contributed by atoms with Crippen molar-refractivity contribution in [1.29, 1.82) is 0 Å². The SMILES string of the molecule is CN1CCn2c(C(=O)NCC3CCCCC3)nnc2C12CCN(S(C)(=O)=O)CC2. The Balaban J connectivity index is 1.50. The van der Waals surface area contributed by atoms with Gasteiger partial charge in [0.25, 0.3) is 5.91 Å². The van der Waals surface area contributed by atoms with E-state index in [1.807, 2.05) is 4.57 Å². The number of carbonyl (C=O) groups excluding carboxylic acids is 1. The summed E-state index contributed by atoms with van der Waals surface area (Å²) in [6.07, 6.45) is 8.73. The fourth-order valence-electron chi connectivity index (χ4n) is 5.16. The number of likely N-dealkylation sites (N-methyl/N-ethyl adjacent to an activating group) is 1. The van der Waals surface area contributed by atoms with Crippen LogP contribution in [0.2, 0.25) is 0 Å². The summed E-state index contributed by atoms with van der Waals surface area (Å²) >= 11 is 0. The maximum absolute atomic E-state index is 12.8. The number of amides is 1. The summed E-state index contributed by atoms with van der Waals surface area (Å²) in [6.45, 7) is 3.07. The minimum atomic E-state index is -3.19. The van der Waals surface area contributed by atoms with Crippen molar-refractivity contribution in [3.05, 3.63) is 11.6 Å². The number of sulfonamides is 1. The molecule has 29 heavy (non-hydrogen) atoms. The van der Waals surface area contributed by atoms with E-state index in [-0.39, 0.29) is 11.4 Å². The zero-order chi connectivity index (χ0) is 20.6. The molecule has 3 heterocycles. The van der Waals surface area contributed by atoms with Crippen LogP contribution in [0.3, 0.4) is 0 Å². The number of hydrogen-bond donors (Lipinski definition) is 1. The normalized spacial score (nSPS) is 23.8. The standard InChI is InChI=1S/C19H32N6O3S/c1-23-12-13-25-16(17(26)20-14-15-6-4-3-5-7-15)21-22-18(25)19(23)8-10-24(11-9-19)29(2,27)28/h15H,3-14H2,1-2H3,(H,20,26). The molecule has 1 aromatic rings. The number of hydrogen-bond acceptors (Lipinski definition) is 6. The first-order chi connectivity index (χ1) is 13.8. The summed E-state index contributed by atoms with van der Waals surface area (Å²) in [5, 5.41) is 11.8. The number of piperidine rings is 1. The van der Waals surface area contributed by atoms with Gasteiger partial charge in [-0.15, -0.1) is 10.2 Å². The molecule has 1 amide bonds. The summed E-state index contributed by atoms with van der Waals surface area (Å²) in [5.74, 6) is 1.59. The van der Waals surface area contributed by atoms with Crippen molar-refractivity contribution >= 4 is 15.9 Å². The number of nitrogens with one attached hydrogen (secondary N) is 1. The van der Waals surface area contributed by atoms with Gasteiger partial charge in [-0.05, 0) is 38.6 Å². The molecule has 2 fully saturated rings. The lowest BCUT2D eigenvalue weighted by molar-refractivity contribution is 0.0264. The number of carbonyl (C=O) groups is 1. The van der Waals surface area contributed by atoms with Crippen LogP contribution in [0.4, 0.5) is 0 Å². The van der Waals surface area contributed by atoms with Crippen molar-refractivity contribution in [3.8, 4) is 0 Å². The van der Waals surface area contributed by atoms with E-state index >= 15 is 0 Å². The van der Waals surface area contributed by atoms with Gasteiger partial charge in [0.05, 0.1) is 11.8 Å². The average Bonchev–Trinajstić information content (AvgIpc) is 3.15. The Bertz CT molecular complexity index is 853. The molecule has 0 radical (unpaired) electrons. The van der Waals surface area contributed by atoms with Gasteiger partial charge in [-0.2, -0.15) is 0 Å². The number of aromatic nitrogens is 3. The van der Waals surface area contributed by atoms with Crippen molar-refractivity contribution < 1.29 is 13.2 Å². The molecule has 0 unspecified atom stereocenters.